The number of carbonyl (C=O) groups is 4. The summed E-state index contributed by atoms with van der Waals surface area (Å²) in [6, 6.07) is 8.05. The van der Waals surface area contributed by atoms with Gasteiger partial charge in [0.15, 0.2) is 0 Å². The van der Waals surface area contributed by atoms with Crippen LogP contribution < -0.4 is 4.74 Å². The van der Waals surface area contributed by atoms with Crippen molar-refractivity contribution in [3.63, 3.8) is 0 Å². The summed E-state index contributed by atoms with van der Waals surface area (Å²) >= 11 is 0. The lowest BCUT2D eigenvalue weighted by Crippen LogP contribution is -2.69. The molecule has 0 saturated heterocycles. The Morgan fingerprint density at radius 2 is 1.44 bits per heavy atom. The molecule has 5 aliphatic rings. The highest BCUT2D eigenvalue weighted by atomic mass is 16.6. The summed E-state index contributed by atoms with van der Waals surface area (Å²) in [5.74, 6) is 0.369. The maximum atomic E-state index is 14.7. The topological polar surface area (TPSA) is 105 Å². The second-order valence-corrected chi connectivity index (χ2v) is 20.1. The van der Waals surface area contributed by atoms with Gasteiger partial charge in [-0.05, 0) is 120 Å². The molecule has 0 heterocycles. The SMILES string of the molecule is CC(=O)OC[C@@]1(C)[C@@H]2CC[C@]3(C)[C@H](CC=C4[C@@H]5[C@@H](C)[C@H](C)CC[C@]5(C(=O)Oc5ccc(C(C)(C)C)cc5)CC[C@]43C)[C@@]2(C)C[C@@H](OC(C)=O)[C@@H]1OC(C)=O. The lowest BCUT2D eigenvalue weighted by Gasteiger charge is -2.71. The smallest absolute Gasteiger partial charge is 0.318 e. The zero-order valence-electron chi connectivity index (χ0n) is 35.1. The molecule has 6 rings (SSSR count). The Labute approximate surface area is 323 Å². The average molecular weight is 747 g/mol. The van der Waals surface area contributed by atoms with Crippen LogP contribution in [0, 0.1) is 56.7 Å². The monoisotopic (exact) mass is 746 g/mol. The van der Waals surface area contributed by atoms with E-state index in [4.69, 9.17) is 18.9 Å². The first-order chi connectivity index (χ1) is 25.0. The summed E-state index contributed by atoms with van der Waals surface area (Å²) in [6.45, 7) is 24.8. The third-order valence-corrected chi connectivity index (χ3v) is 16.2. The van der Waals surface area contributed by atoms with Crippen molar-refractivity contribution in [3.05, 3.63) is 41.5 Å². The summed E-state index contributed by atoms with van der Waals surface area (Å²) in [5, 5.41) is 0. The molecule has 0 unspecified atom stereocenters. The van der Waals surface area contributed by atoms with Crippen molar-refractivity contribution in [3.8, 4) is 5.75 Å². The van der Waals surface area contributed by atoms with Crippen molar-refractivity contribution < 1.29 is 38.1 Å². The standard InChI is InChI=1S/C46H66O8/c1-27-19-22-46(40(50)54-33-15-13-32(14-16-33)41(6,7)8)24-23-44(11)34(38(46)28(27)2)17-18-37-42(9)25-35(52-30(4)48)39(53-31(5)49)43(10,26-51-29(3)47)36(42)20-21-45(37,44)12/h13-17,27-28,35-39H,18-26H2,1-12H3/t27-,28+,35-,36-,37-,38+,39+,42+,43+,44-,45-,46+/m1/s1. The van der Waals surface area contributed by atoms with Crippen molar-refractivity contribution >= 4 is 23.9 Å². The number of allylic oxidation sites excluding steroid dienone is 2. The Bertz CT molecular complexity index is 1690. The van der Waals surface area contributed by atoms with E-state index in [-0.39, 0.29) is 52.0 Å². The summed E-state index contributed by atoms with van der Waals surface area (Å²) in [6.07, 6.45) is 7.74. The summed E-state index contributed by atoms with van der Waals surface area (Å²) in [4.78, 5) is 52.1. The fourth-order valence-electron chi connectivity index (χ4n) is 13.1. The van der Waals surface area contributed by atoms with E-state index in [0.29, 0.717) is 24.0 Å². The minimum atomic E-state index is -0.777. The van der Waals surface area contributed by atoms with E-state index in [1.54, 1.807) is 0 Å². The van der Waals surface area contributed by atoms with E-state index >= 15 is 0 Å². The quantitative estimate of drug-likeness (QED) is 0.123. The Kier molecular flexibility index (Phi) is 10.3. The van der Waals surface area contributed by atoms with Gasteiger partial charge < -0.3 is 18.9 Å². The second kappa shape index (κ2) is 13.8. The maximum Gasteiger partial charge on any atom is 0.318 e. The molecule has 0 aliphatic heterocycles. The molecule has 8 heteroatoms. The van der Waals surface area contributed by atoms with E-state index in [1.165, 1.54) is 31.9 Å². The molecule has 0 spiro atoms. The van der Waals surface area contributed by atoms with Gasteiger partial charge in [-0.1, -0.05) is 86.1 Å². The molecule has 54 heavy (non-hydrogen) atoms. The van der Waals surface area contributed by atoms with E-state index in [9.17, 15) is 19.2 Å². The molecule has 0 radical (unpaired) electrons. The van der Waals surface area contributed by atoms with Crippen molar-refractivity contribution in [2.45, 2.75) is 152 Å². The number of rotatable bonds is 6. The largest absolute Gasteiger partial charge is 0.465 e. The van der Waals surface area contributed by atoms with E-state index in [2.05, 4.69) is 80.5 Å². The van der Waals surface area contributed by atoms with E-state index in [1.807, 2.05) is 12.1 Å². The zero-order valence-corrected chi connectivity index (χ0v) is 35.1. The first-order valence-electron chi connectivity index (χ1n) is 20.5. The Morgan fingerprint density at radius 1 is 0.796 bits per heavy atom. The Hall–Kier alpha value is -3.16. The van der Waals surface area contributed by atoms with Crippen LogP contribution in [0.3, 0.4) is 0 Å². The number of fused-ring (bicyclic) bond motifs is 7. The van der Waals surface area contributed by atoms with Crippen molar-refractivity contribution in [1.29, 1.82) is 0 Å². The molecular weight excluding hydrogens is 680 g/mol. The molecule has 0 amide bonds. The fourth-order valence-corrected chi connectivity index (χ4v) is 13.1. The van der Waals surface area contributed by atoms with Gasteiger partial charge >= 0.3 is 23.9 Å². The van der Waals surface area contributed by atoms with Crippen molar-refractivity contribution in [2.75, 3.05) is 6.61 Å². The minimum Gasteiger partial charge on any atom is -0.465 e. The predicted octanol–water partition coefficient (Wildman–Crippen LogP) is 9.56. The molecule has 4 fully saturated rings. The van der Waals surface area contributed by atoms with Gasteiger partial charge in [-0.2, -0.15) is 0 Å². The van der Waals surface area contributed by atoms with Crippen LogP contribution in [0.25, 0.3) is 0 Å². The van der Waals surface area contributed by atoms with Crippen LogP contribution in [-0.2, 0) is 38.8 Å². The number of esters is 4. The zero-order chi connectivity index (χ0) is 39.8. The van der Waals surface area contributed by atoms with Crippen molar-refractivity contribution in [2.24, 2.45) is 56.7 Å². The number of benzene rings is 1. The van der Waals surface area contributed by atoms with E-state index in [0.717, 1.165) is 44.9 Å². The molecule has 1 aromatic carbocycles. The Balaban J connectivity index is 1.40. The summed E-state index contributed by atoms with van der Waals surface area (Å²) in [5.41, 5.74) is 0.652. The summed E-state index contributed by atoms with van der Waals surface area (Å²) in [7, 11) is 0. The molecule has 0 N–H and O–H groups in total. The van der Waals surface area contributed by atoms with Gasteiger partial charge in [0.05, 0.1) is 5.41 Å². The Morgan fingerprint density at radius 3 is 2.04 bits per heavy atom. The van der Waals surface area contributed by atoms with Crippen LogP contribution >= 0.6 is 0 Å². The third-order valence-electron chi connectivity index (χ3n) is 16.2. The molecule has 0 aromatic heterocycles. The normalized spacial score (nSPS) is 41.4. The van der Waals surface area contributed by atoms with Crippen molar-refractivity contribution in [1.82, 2.24) is 0 Å². The molecule has 0 bridgehead atoms. The van der Waals surface area contributed by atoms with Gasteiger partial charge in [0.2, 0.25) is 0 Å². The molecule has 1 aromatic rings. The second-order valence-electron chi connectivity index (χ2n) is 20.1. The lowest BCUT2D eigenvalue weighted by atomic mass is 9.33. The molecule has 8 nitrogen and oxygen atoms in total. The number of hydrogen-bond acceptors (Lipinski definition) is 8. The van der Waals surface area contributed by atoms with Gasteiger partial charge in [-0.3, -0.25) is 19.2 Å². The van der Waals surface area contributed by atoms with Crippen LogP contribution in [0.4, 0.5) is 0 Å². The third kappa shape index (κ3) is 6.33. The van der Waals surface area contributed by atoms with Crippen LogP contribution in [0.2, 0.25) is 0 Å². The molecule has 12 atom stereocenters. The highest BCUT2D eigenvalue weighted by Gasteiger charge is 2.72. The number of hydrogen-bond donors (Lipinski definition) is 0. The van der Waals surface area contributed by atoms with Gasteiger partial charge in [0, 0.05) is 26.2 Å². The lowest BCUT2D eigenvalue weighted by molar-refractivity contribution is -0.256. The predicted molar refractivity (Wildman–Crippen MR) is 207 cm³/mol. The van der Waals surface area contributed by atoms with Gasteiger partial charge in [0.25, 0.3) is 0 Å². The van der Waals surface area contributed by atoms with Crippen LogP contribution in [0.15, 0.2) is 35.9 Å². The molecular formula is C46H66O8. The van der Waals surface area contributed by atoms with Gasteiger partial charge in [-0.15, -0.1) is 0 Å². The highest BCUT2D eigenvalue weighted by molar-refractivity contribution is 5.81. The van der Waals surface area contributed by atoms with E-state index < -0.39 is 40.9 Å². The first-order valence-corrected chi connectivity index (χ1v) is 20.5. The average Bonchev–Trinajstić information content (AvgIpc) is 3.07. The number of ether oxygens (including phenoxy) is 4. The molecule has 5 aliphatic carbocycles. The summed E-state index contributed by atoms with van der Waals surface area (Å²) < 4.78 is 24.2. The van der Waals surface area contributed by atoms with Gasteiger partial charge in [-0.25, -0.2) is 0 Å². The highest BCUT2D eigenvalue weighted by Crippen LogP contribution is 2.76. The maximum absolute atomic E-state index is 14.7. The first kappa shape index (κ1) is 40.5. The minimum absolute atomic E-state index is 0.0106. The molecule has 4 saturated carbocycles. The van der Waals surface area contributed by atoms with Crippen LogP contribution in [-0.4, -0.2) is 42.7 Å². The number of carbonyl (C=O) groups excluding carboxylic acids is 4. The fraction of sp³-hybridized carbons (Fsp3) is 0.739. The van der Waals surface area contributed by atoms with Crippen LogP contribution in [0.5, 0.6) is 5.75 Å². The molecule has 298 valence electrons. The van der Waals surface area contributed by atoms with Gasteiger partial charge in [0.1, 0.15) is 24.6 Å². The van der Waals surface area contributed by atoms with Crippen LogP contribution in [0.1, 0.15) is 140 Å².